The van der Waals surface area contributed by atoms with Gasteiger partial charge in [0.1, 0.15) is 0 Å². The van der Waals surface area contributed by atoms with Crippen LogP contribution in [0.4, 0.5) is 5.69 Å². The lowest BCUT2D eigenvalue weighted by atomic mass is 10.0. The van der Waals surface area contributed by atoms with E-state index in [1.165, 1.54) is 5.56 Å². The fourth-order valence-corrected chi connectivity index (χ4v) is 2.44. The summed E-state index contributed by atoms with van der Waals surface area (Å²) in [4.78, 5) is 0. The maximum atomic E-state index is 9.06. The largest absolute Gasteiger partial charge is 0.380 e. The Morgan fingerprint density at radius 3 is 2.41 bits per heavy atom. The van der Waals surface area contributed by atoms with E-state index < -0.39 is 0 Å². The van der Waals surface area contributed by atoms with E-state index in [0.717, 1.165) is 23.4 Å². The summed E-state index contributed by atoms with van der Waals surface area (Å²) in [6, 6.07) is 28.4. The highest BCUT2D eigenvalue weighted by molar-refractivity contribution is 5.78. The van der Waals surface area contributed by atoms with Crippen LogP contribution in [-0.4, -0.2) is 0 Å². The minimum absolute atomic E-state index is 0.676. The molecule has 22 heavy (non-hydrogen) atoms. The predicted molar refractivity (Wildman–Crippen MR) is 90.4 cm³/mol. The minimum atomic E-state index is 0.676. The molecule has 106 valence electrons. The Kier molecular flexibility index (Phi) is 4.17. The van der Waals surface area contributed by atoms with Gasteiger partial charge in [0.2, 0.25) is 0 Å². The van der Waals surface area contributed by atoms with E-state index in [2.05, 4.69) is 35.7 Å². The molecule has 0 aliphatic rings. The molecular weight excluding hydrogens is 268 g/mol. The summed E-state index contributed by atoms with van der Waals surface area (Å²) in [5.74, 6) is 0. The zero-order valence-corrected chi connectivity index (χ0v) is 12.2. The maximum Gasteiger partial charge on any atom is 0.0991 e. The topological polar surface area (TPSA) is 35.8 Å². The number of anilines is 1. The zero-order chi connectivity index (χ0) is 15.2. The lowest BCUT2D eigenvalue weighted by molar-refractivity contribution is 1.15. The standard InChI is InChI=1S/C20H16N2/c21-14-17-9-6-10-18(13-17)19-11-4-5-12-20(19)22-15-16-7-2-1-3-8-16/h1-13,22H,15H2. The monoisotopic (exact) mass is 284 g/mol. The van der Waals surface area contributed by atoms with Crippen molar-refractivity contribution in [1.82, 2.24) is 0 Å². The van der Waals surface area contributed by atoms with Crippen molar-refractivity contribution in [2.45, 2.75) is 6.54 Å². The molecule has 0 fully saturated rings. The molecule has 0 unspecified atom stereocenters. The molecule has 0 heterocycles. The van der Waals surface area contributed by atoms with Crippen molar-refractivity contribution in [3.63, 3.8) is 0 Å². The molecular formula is C20H16N2. The SMILES string of the molecule is N#Cc1cccc(-c2ccccc2NCc2ccccc2)c1. The number of para-hydroxylation sites is 1. The number of nitrogens with zero attached hydrogens (tertiary/aromatic N) is 1. The van der Waals surface area contributed by atoms with Gasteiger partial charge < -0.3 is 5.32 Å². The Morgan fingerprint density at radius 1 is 0.818 bits per heavy atom. The Morgan fingerprint density at radius 2 is 1.59 bits per heavy atom. The fourth-order valence-electron chi connectivity index (χ4n) is 2.44. The molecule has 0 saturated carbocycles. The first kappa shape index (κ1) is 13.9. The third kappa shape index (κ3) is 3.16. The highest BCUT2D eigenvalue weighted by atomic mass is 14.9. The van der Waals surface area contributed by atoms with E-state index in [9.17, 15) is 0 Å². The predicted octanol–water partition coefficient (Wildman–Crippen LogP) is 4.84. The summed E-state index contributed by atoms with van der Waals surface area (Å²) in [5.41, 5.74) is 5.14. The van der Waals surface area contributed by atoms with Gasteiger partial charge in [-0.2, -0.15) is 5.26 Å². The zero-order valence-electron chi connectivity index (χ0n) is 12.2. The molecule has 0 spiro atoms. The summed E-state index contributed by atoms with van der Waals surface area (Å²) >= 11 is 0. The second kappa shape index (κ2) is 6.60. The molecule has 2 nitrogen and oxygen atoms in total. The number of rotatable bonds is 4. The van der Waals surface area contributed by atoms with Gasteiger partial charge in [-0.25, -0.2) is 0 Å². The molecule has 1 N–H and O–H groups in total. The van der Waals surface area contributed by atoms with Gasteiger partial charge in [0.25, 0.3) is 0 Å². The smallest absolute Gasteiger partial charge is 0.0991 e. The number of benzene rings is 3. The highest BCUT2D eigenvalue weighted by Gasteiger charge is 2.05. The Labute approximate surface area is 130 Å². The van der Waals surface area contributed by atoms with E-state index in [1.807, 2.05) is 54.6 Å². The van der Waals surface area contributed by atoms with E-state index in [4.69, 9.17) is 5.26 Å². The molecule has 0 atom stereocenters. The van der Waals surface area contributed by atoms with Crippen LogP contribution in [0.2, 0.25) is 0 Å². The first-order chi connectivity index (χ1) is 10.9. The van der Waals surface area contributed by atoms with Gasteiger partial charge in [-0.1, -0.05) is 60.7 Å². The van der Waals surface area contributed by atoms with Crippen molar-refractivity contribution in [3.8, 4) is 17.2 Å². The maximum absolute atomic E-state index is 9.06. The van der Waals surface area contributed by atoms with Gasteiger partial charge in [-0.3, -0.25) is 0 Å². The van der Waals surface area contributed by atoms with Gasteiger partial charge in [0, 0.05) is 17.8 Å². The lowest BCUT2D eigenvalue weighted by Crippen LogP contribution is -2.00. The number of hydrogen-bond donors (Lipinski definition) is 1. The number of hydrogen-bond acceptors (Lipinski definition) is 2. The Hall–Kier alpha value is -3.05. The summed E-state index contributed by atoms with van der Waals surface area (Å²) in [6.45, 7) is 0.774. The van der Waals surface area contributed by atoms with Crippen LogP contribution in [0.15, 0.2) is 78.9 Å². The van der Waals surface area contributed by atoms with Gasteiger partial charge in [-0.05, 0) is 29.3 Å². The molecule has 3 rings (SSSR count). The second-order valence-corrected chi connectivity index (χ2v) is 5.08. The van der Waals surface area contributed by atoms with E-state index >= 15 is 0 Å². The highest BCUT2D eigenvalue weighted by Crippen LogP contribution is 2.28. The first-order valence-electron chi connectivity index (χ1n) is 7.24. The Balaban J connectivity index is 1.88. The molecule has 0 radical (unpaired) electrons. The molecule has 0 aliphatic heterocycles. The molecule has 0 amide bonds. The van der Waals surface area contributed by atoms with E-state index in [0.29, 0.717) is 5.56 Å². The van der Waals surface area contributed by atoms with Crippen LogP contribution in [0, 0.1) is 11.3 Å². The third-order valence-corrected chi connectivity index (χ3v) is 3.56. The lowest BCUT2D eigenvalue weighted by Gasteiger charge is -2.12. The van der Waals surface area contributed by atoms with Crippen LogP contribution in [0.25, 0.3) is 11.1 Å². The average Bonchev–Trinajstić information content (AvgIpc) is 2.61. The number of nitriles is 1. The summed E-state index contributed by atoms with van der Waals surface area (Å²) < 4.78 is 0. The second-order valence-electron chi connectivity index (χ2n) is 5.08. The van der Waals surface area contributed by atoms with Crippen LogP contribution >= 0.6 is 0 Å². The normalized spacial score (nSPS) is 9.95. The van der Waals surface area contributed by atoms with Gasteiger partial charge >= 0.3 is 0 Å². The number of nitrogens with one attached hydrogen (secondary N) is 1. The molecule has 0 aliphatic carbocycles. The molecule has 3 aromatic rings. The average molecular weight is 284 g/mol. The van der Waals surface area contributed by atoms with Crippen molar-refractivity contribution in [3.05, 3.63) is 90.0 Å². The van der Waals surface area contributed by atoms with Gasteiger partial charge in [-0.15, -0.1) is 0 Å². The van der Waals surface area contributed by atoms with E-state index in [-0.39, 0.29) is 0 Å². The third-order valence-electron chi connectivity index (χ3n) is 3.56. The molecule has 0 aromatic heterocycles. The van der Waals surface area contributed by atoms with Crippen molar-refractivity contribution >= 4 is 5.69 Å². The quantitative estimate of drug-likeness (QED) is 0.744. The first-order valence-corrected chi connectivity index (χ1v) is 7.24. The van der Waals surface area contributed by atoms with Gasteiger partial charge in [0.15, 0.2) is 0 Å². The minimum Gasteiger partial charge on any atom is -0.380 e. The summed E-state index contributed by atoms with van der Waals surface area (Å²) in [7, 11) is 0. The molecule has 2 heteroatoms. The Bertz CT molecular complexity index is 801. The molecule has 0 bridgehead atoms. The van der Waals surface area contributed by atoms with Gasteiger partial charge in [0.05, 0.1) is 11.6 Å². The van der Waals surface area contributed by atoms with Crippen molar-refractivity contribution in [2.75, 3.05) is 5.32 Å². The molecule has 0 saturated heterocycles. The fraction of sp³-hybridized carbons (Fsp3) is 0.0500. The van der Waals surface area contributed by atoms with E-state index in [1.54, 1.807) is 0 Å². The van der Waals surface area contributed by atoms with Crippen LogP contribution < -0.4 is 5.32 Å². The van der Waals surface area contributed by atoms with Crippen LogP contribution in [0.5, 0.6) is 0 Å². The summed E-state index contributed by atoms with van der Waals surface area (Å²) in [5, 5.41) is 12.5. The van der Waals surface area contributed by atoms with Crippen LogP contribution in [0.1, 0.15) is 11.1 Å². The van der Waals surface area contributed by atoms with Crippen LogP contribution in [-0.2, 0) is 6.54 Å². The van der Waals surface area contributed by atoms with Crippen LogP contribution in [0.3, 0.4) is 0 Å². The van der Waals surface area contributed by atoms with Crippen molar-refractivity contribution in [1.29, 1.82) is 5.26 Å². The van der Waals surface area contributed by atoms with Crippen molar-refractivity contribution in [2.24, 2.45) is 0 Å². The van der Waals surface area contributed by atoms with Crippen molar-refractivity contribution < 1.29 is 0 Å². The molecule has 3 aromatic carbocycles. The summed E-state index contributed by atoms with van der Waals surface area (Å²) in [6.07, 6.45) is 0.